The molecule has 0 saturated heterocycles. The van der Waals surface area contributed by atoms with Gasteiger partial charge in [-0.2, -0.15) is 0 Å². The number of benzene rings is 1. The fourth-order valence-electron chi connectivity index (χ4n) is 1.51. The summed E-state index contributed by atoms with van der Waals surface area (Å²) in [5, 5.41) is 12.5. The average molecular weight is 336 g/mol. The molecule has 0 aliphatic carbocycles. The predicted octanol–water partition coefficient (Wildman–Crippen LogP) is 3.56. The lowest BCUT2D eigenvalue weighted by Crippen LogP contribution is -2.15. The zero-order valence-electron chi connectivity index (χ0n) is 11.8. The summed E-state index contributed by atoms with van der Waals surface area (Å²) in [6.07, 6.45) is 1.26. The number of carbonyl (C=O) groups is 1. The van der Waals surface area contributed by atoms with Crippen molar-refractivity contribution in [2.45, 2.75) is 11.6 Å². The maximum atomic E-state index is 11.6. The Bertz CT molecular complexity index is 579. The summed E-state index contributed by atoms with van der Waals surface area (Å²) in [7, 11) is 3.13. The van der Waals surface area contributed by atoms with Crippen molar-refractivity contribution in [3.63, 3.8) is 0 Å². The van der Waals surface area contributed by atoms with E-state index in [1.54, 1.807) is 52.1 Å². The molecule has 7 heteroatoms. The Hall–Kier alpha value is -1.70. The van der Waals surface area contributed by atoms with Crippen molar-refractivity contribution in [2.24, 2.45) is 0 Å². The number of aromatic nitrogens is 1. The second-order valence-electron chi connectivity index (χ2n) is 4.19. The van der Waals surface area contributed by atoms with E-state index in [-0.39, 0.29) is 6.61 Å². The standard InChI is InChI=1S/C15H16N2O3S2/c18-11-12-4-6-13(7-5-12)17-15(19)20-9-10-21-22-14-3-1-2-8-16-14/h1-8,18H,9-11H2,(H,17,19). The monoisotopic (exact) mass is 336 g/mol. The van der Waals surface area contributed by atoms with Crippen molar-refractivity contribution < 1.29 is 14.6 Å². The molecule has 0 aliphatic rings. The van der Waals surface area contributed by atoms with E-state index < -0.39 is 6.09 Å². The second-order valence-corrected chi connectivity index (χ2v) is 6.63. The highest BCUT2D eigenvalue weighted by Crippen LogP contribution is 2.28. The van der Waals surface area contributed by atoms with Crippen LogP contribution in [0.1, 0.15) is 5.56 Å². The van der Waals surface area contributed by atoms with Crippen molar-refractivity contribution in [3.8, 4) is 0 Å². The van der Waals surface area contributed by atoms with E-state index in [1.807, 2.05) is 18.2 Å². The SMILES string of the molecule is O=C(Nc1ccc(CO)cc1)OCCSSc1ccccn1. The van der Waals surface area contributed by atoms with Gasteiger partial charge in [-0.3, -0.25) is 5.32 Å². The molecule has 1 amide bonds. The van der Waals surface area contributed by atoms with Crippen molar-refractivity contribution in [1.29, 1.82) is 0 Å². The highest BCUT2D eigenvalue weighted by molar-refractivity contribution is 8.76. The third-order valence-electron chi connectivity index (χ3n) is 2.56. The summed E-state index contributed by atoms with van der Waals surface area (Å²) in [4.78, 5) is 15.8. The van der Waals surface area contributed by atoms with Gasteiger partial charge in [0.15, 0.2) is 0 Å². The number of pyridine rings is 1. The van der Waals surface area contributed by atoms with Crippen LogP contribution in [0, 0.1) is 0 Å². The molecule has 2 aromatic rings. The maximum absolute atomic E-state index is 11.6. The Morgan fingerprint density at radius 3 is 2.73 bits per heavy atom. The van der Waals surface area contributed by atoms with E-state index in [4.69, 9.17) is 9.84 Å². The van der Waals surface area contributed by atoms with E-state index in [1.165, 1.54) is 0 Å². The van der Waals surface area contributed by atoms with Crippen LogP contribution in [0.4, 0.5) is 10.5 Å². The summed E-state index contributed by atoms with van der Waals surface area (Å²) >= 11 is 0. The molecule has 22 heavy (non-hydrogen) atoms. The number of anilines is 1. The number of aliphatic hydroxyl groups excluding tert-OH is 1. The Balaban J connectivity index is 1.61. The Labute approximate surface area is 136 Å². The molecule has 0 fully saturated rings. The van der Waals surface area contributed by atoms with Gasteiger partial charge >= 0.3 is 6.09 Å². The molecule has 5 nitrogen and oxygen atoms in total. The summed E-state index contributed by atoms with van der Waals surface area (Å²) in [6, 6.07) is 12.7. The number of hydrogen-bond donors (Lipinski definition) is 2. The third-order valence-corrected chi connectivity index (χ3v) is 4.79. The van der Waals surface area contributed by atoms with Crippen LogP contribution in [0.3, 0.4) is 0 Å². The van der Waals surface area contributed by atoms with Gasteiger partial charge in [0, 0.05) is 17.6 Å². The van der Waals surface area contributed by atoms with Gasteiger partial charge in [-0.1, -0.05) is 29.0 Å². The molecule has 0 aliphatic heterocycles. The van der Waals surface area contributed by atoms with Crippen molar-refractivity contribution in [2.75, 3.05) is 17.7 Å². The Morgan fingerprint density at radius 2 is 2.05 bits per heavy atom. The topological polar surface area (TPSA) is 71.5 Å². The zero-order valence-corrected chi connectivity index (χ0v) is 13.4. The number of amides is 1. The van der Waals surface area contributed by atoms with E-state index in [2.05, 4.69) is 10.3 Å². The number of nitrogens with zero attached hydrogens (tertiary/aromatic N) is 1. The number of hydrogen-bond acceptors (Lipinski definition) is 6. The Kier molecular flexibility index (Phi) is 7.08. The quantitative estimate of drug-likeness (QED) is 0.595. The van der Waals surface area contributed by atoms with Gasteiger partial charge in [0.1, 0.15) is 11.6 Å². The van der Waals surface area contributed by atoms with Crippen molar-refractivity contribution >= 4 is 33.4 Å². The van der Waals surface area contributed by atoms with Crippen LogP contribution >= 0.6 is 21.6 Å². The van der Waals surface area contributed by atoms with Crippen LogP contribution in [-0.4, -0.2) is 28.5 Å². The number of nitrogens with one attached hydrogen (secondary N) is 1. The van der Waals surface area contributed by atoms with E-state index in [9.17, 15) is 4.79 Å². The summed E-state index contributed by atoms with van der Waals surface area (Å²) in [5.41, 5.74) is 1.43. The molecular weight excluding hydrogens is 320 g/mol. The van der Waals surface area contributed by atoms with Crippen molar-refractivity contribution in [1.82, 2.24) is 4.98 Å². The molecule has 0 bridgehead atoms. The Morgan fingerprint density at radius 1 is 1.23 bits per heavy atom. The van der Waals surface area contributed by atoms with Crippen LogP contribution in [0.5, 0.6) is 0 Å². The average Bonchev–Trinajstić information content (AvgIpc) is 2.56. The second kappa shape index (κ2) is 9.34. The summed E-state index contributed by atoms with van der Waals surface area (Å²) < 4.78 is 5.09. The third kappa shape index (κ3) is 5.97. The molecule has 1 aromatic carbocycles. The highest BCUT2D eigenvalue weighted by Gasteiger charge is 2.03. The molecule has 2 N–H and O–H groups in total. The van der Waals surface area contributed by atoms with Crippen LogP contribution in [0.25, 0.3) is 0 Å². The van der Waals surface area contributed by atoms with Gasteiger partial charge in [0.25, 0.3) is 0 Å². The zero-order chi connectivity index (χ0) is 15.6. The lowest BCUT2D eigenvalue weighted by molar-refractivity contribution is 0.169. The lowest BCUT2D eigenvalue weighted by Gasteiger charge is -2.07. The van der Waals surface area contributed by atoms with Gasteiger partial charge in [-0.15, -0.1) is 0 Å². The molecule has 0 unspecified atom stereocenters. The van der Waals surface area contributed by atoms with Crippen LogP contribution in [0.2, 0.25) is 0 Å². The van der Waals surface area contributed by atoms with Gasteiger partial charge in [0.2, 0.25) is 0 Å². The number of carbonyl (C=O) groups excluding carboxylic acids is 1. The largest absolute Gasteiger partial charge is 0.448 e. The maximum Gasteiger partial charge on any atom is 0.411 e. The highest BCUT2D eigenvalue weighted by atomic mass is 33.1. The minimum absolute atomic E-state index is 0.0180. The number of ether oxygens (including phenoxy) is 1. The molecule has 0 radical (unpaired) electrons. The molecule has 0 spiro atoms. The van der Waals surface area contributed by atoms with E-state index >= 15 is 0 Å². The fraction of sp³-hybridized carbons (Fsp3) is 0.200. The van der Waals surface area contributed by atoms with Gasteiger partial charge in [-0.05, 0) is 40.6 Å². The first kappa shape index (κ1) is 16.7. The summed E-state index contributed by atoms with van der Waals surface area (Å²) in [5.74, 6) is 0.679. The minimum atomic E-state index is -0.486. The molecule has 0 saturated carbocycles. The molecule has 116 valence electrons. The number of aliphatic hydroxyl groups is 1. The molecular formula is C15H16N2O3S2. The number of rotatable bonds is 7. The lowest BCUT2D eigenvalue weighted by atomic mass is 10.2. The smallest absolute Gasteiger partial charge is 0.411 e. The van der Waals surface area contributed by atoms with Gasteiger partial charge in [-0.25, -0.2) is 9.78 Å². The van der Waals surface area contributed by atoms with E-state index in [0.29, 0.717) is 18.0 Å². The first-order chi connectivity index (χ1) is 10.8. The fourth-order valence-corrected chi connectivity index (χ4v) is 3.22. The molecule has 1 heterocycles. The first-order valence-corrected chi connectivity index (χ1v) is 8.94. The van der Waals surface area contributed by atoms with Crippen molar-refractivity contribution in [3.05, 3.63) is 54.2 Å². The minimum Gasteiger partial charge on any atom is -0.448 e. The molecule has 0 atom stereocenters. The first-order valence-electron chi connectivity index (χ1n) is 6.62. The van der Waals surface area contributed by atoms with Gasteiger partial charge in [0.05, 0.1) is 6.61 Å². The van der Waals surface area contributed by atoms with Gasteiger partial charge < -0.3 is 9.84 Å². The molecule has 1 aromatic heterocycles. The summed E-state index contributed by atoms with van der Waals surface area (Å²) in [6.45, 7) is 0.306. The normalized spacial score (nSPS) is 10.2. The van der Waals surface area contributed by atoms with Crippen LogP contribution in [0.15, 0.2) is 53.7 Å². The molecule has 2 rings (SSSR count). The predicted molar refractivity (Wildman–Crippen MR) is 89.9 cm³/mol. The van der Waals surface area contributed by atoms with E-state index in [0.717, 1.165) is 10.6 Å². The van der Waals surface area contributed by atoms with Crippen LogP contribution in [-0.2, 0) is 11.3 Å². The van der Waals surface area contributed by atoms with Crippen LogP contribution < -0.4 is 5.32 Å².